The second-order valence-electron chi connectivity index (χ2n) is 11.2. The molecule has 4 heterocycles. The topological polar surface area (TPSA) is 67.4 Å². The van der Waals surface area contributed by atoms with E-state index in [0.717, 1.165) is 45.6 Å². The zero-order chi connectivity index (χ0) is 23.3. The molecule has 0 atom stereocenters. The number of piperidine rings is 1. The summed E-state index contributed by atoms with van der Waals surface area (Å²) in [7, 11) is 0. The van der Waals surface area contributed by atoms with E-state index >= 15 is 0 Å². The summed E-state index contributed by atoms with van der Waals surface area (Å²) >= 11 is 6.66. The lowest BCUT2D eigenvalue weighted by atomic mass is 9.71. The van der Waals surface area contributed by atoms with Crippen molar-refractivity contribution in [2.45, 2.75) is 66.8 Å². The van der Waals surface area contributed by atoms with Crippen LogP contribution in [-0.4, -0.2) is 63.4 Å². The lowest BCUT2D eigenvalue weighted by Gasteiger charge is -2.54. The van der Waals surface area contributed by atoms with Crippen molar-refractivity contribution in [2.75, 3.05) is 32.7 Å². The van der Waals surface area contributed by atoms with E-state index < -0.39 is 0 Å². The first-order valence-corrected chi connectivity index (χ1v) is 12.1. The van der Waals surface area contributed by atoms with Crippen molar-refractivity contribution in [3.63, 3.8) is 0 Å². The Balaban J connectivity index is 1.45. The van der Waals surface area contributed by atoms with Crippen LogP contribution in [0.15, 0.2) is 10.6 Å². The first-order chi connectivity index (χ1) is 15.0. The van der Waals surface area contributed by atoms with Gasteiger partial charge in [0.15, 0.2) is 0 Å². The lowest BCUT2D eigenvalue weighted by molar-refractivity contribution is -0.0333. The Morgan fingerprint density at radius 3 is 2.44 bits per heavy atom. The minimum Gasteiger partial charge on any atom is -0.361 e. The van der Waals surface area contributed by atoms with Gasteiger partial charge in [0.2, 0.25) is 0 Å². The SMILES string of the molecule is Cc1cc(-c2nn(C(C)C)c(Cl)c2C(=O)N2CC3(CCN(CCC(C)(C)C)CC3)C2)no1. The normalized spacial score (nSPS) is 19.1. The second kappa shape index (κ2) is 8.49. The van der Waals surface area contributed by atoms with Crippen LogP contribution in [0.25, 0.3) is 11.4 Å². The Morgan fingerprint density at radius 2 is 1.91 bits per heavy atom. The Labute approximate surface area is 196 Å². The number of carbonyl (C=O) groups excluding carboxylic acids is 1. The fraction of sp³-hybridized carbons (Fsp3) is 0.708. The molecule has 0 radical (unpaired) electrons. The summed E-state index contributed by atoms with van der Waals surface area (Å²) in [6, 6.07) is 1.83. The van der Waals surface area contributed by atoms with Gasteiger partial charge in [-0.05, 0) is 65.1 Å². The number of rotatable bonds is 5. The molecule has 2 aromatic heterocycles. The number of likely N-dealkylation sites (tertiary alicyclic amines) is 2. The van der Waals surface area contributed by atoms with Crippen LogP contribution < -0.4 is 0 Å². The molecule has 0 aliphatic carbocycles. The van der Waals surface area contributed by atoms with Crippen LogP contribution >= 0.6 is 11.6 Å². The van der Waals surface area contributed by atoms with Crippen molar-refractivity contribution in [3.8, 4) is 11.4 Å². The van der Waals surface area contributed by atoms with E-state index in [4.69, 9.17) is 16.1 Å². The first-order valence-electron chi connectivity index (χ1n) is 11.7. The average molecular weight is 462 g/mol. The fourth-order valence-corrected chi connectivity index (χ4v) is 5.13. The summed E-state index contributed by atoms with van der Waals surface area (Å²) < 4.78 is 6.92. The molecule has 2 aromatic rings. The maximum Gasteiger partial charge on any atom is 0.259 e. The van der Waals surface area contributed by atoms with E-state index in [9.17, 15) is 4.79 Å². The second-order valence-corrected chi connectivity index (χ2v) is 11.5. The monoisotopic (exact) mass is 461 g/mol. The Kier molecular flexibility index (Phi) is 6.18. The Morgan fingerprint density at radius 1 is 1.25 bits per heavy atom. The predicted octanol–water partition coefficient (Wildman–Crippen LogP) is 5.06. The molecule has 4 rings (SSSR count). The number of nitrogens with zero attached hydrogens (tertiary/aromatic N) is 5. The summed E-state index contributed by atoms with van der Waals surface area (Å²) in [6.45, 7) is 17.7. The number of aromatic nitrogens is 3. The number of hydrogen-bond donors (Lipinski definition) is 0. The van der Waals surface area contributed by atoms with E-state index in [1.54, 1.807) is 10.7 Å². The van der Waals surface area contributed by atoms with Crippen molar-refractivity contribution in [3.05, 3.63) is 22.5 Å². The number of aryl methyl sites for hydroxylation is 1. The highest BCUT2D eigenvalue weighted by molar-refractivity contribution is 6.33. The number of carbonyl (C=O) groups is 1. The molecular weight excluding hydrogens is 426 g/mol. The lowest BCUT2D eigenvalue weighted by Crippen LogP contribution is -2.62. The van der Waals surface area contributed by atoms with Crippen LogP contribution in [0.5, 0.6) is 0 Å². The molecule has 2 saturated heterocycles. The summed E-state index contributed by atoms with van der Waals surface area (Å²) in [6.07, 6.45) is 3.51. The number of halogens is 1. The summed E-state index contributed by atoms with van der Waals surface area (Å²) in [5.41, 5.74) is 2.11. The van der Waals surface area contributed by atoms with E-state index in [2.05, 4.69) is 35.9 Å². The van der Waals surface area contributed by atoms with Gasteiger partial charge in [0, 0.05) is 30.6 Å². The van der Waals surface area contributed by atoms with Gasteiger partial charge in [0.1, 0.15) is 27.9 Å². The minimum atomic E-state index is -0.0571. The smallest absolute Gasteiger partial charge is 0.259 e. The van der Waals surface area contributed by atoms with Crippen LogP contribution in [-0.2, 0) is 0 Å². The molecule has 0 N–H and O–H groups in total. The van der Waals surface area contributed by atoms with Crippen LogP contribution in [0.3, 0.4) is 0 Å². The van der Waals surface area contributed by atoms with Crippen LogP contribution in [0.4, 0.5) is 0 Å². The summed E-state index contributed by atoms with van der Waals surface area (Å²) in [5, 5.41) is 9.08. The van der Waals surface area contributed by atoms with Crippen LogP contribution in [0.2, 0.25) is 5.15 Å². The molecule has 2 fully saturated rings. The molecule has 1 amide bonds. The third-order valence-electron chi connectivity index (χ3n) is 6.86. The average Bonchev–Trinajstić information content (AvgIpc) is 3.27. The van der Waals surface area contributed by atoms with Gasteiger partial charge in [-0.25, -0.2) is 4.68 Å². The quantitative estimate of drug-likeness (QED) is 0.622. The summed E-state index contributed by atoms with van der Waals surface area (Å²) in [4.78, 5) is 18.0. The molecule has 8 heteroatoms. The molecule has 176 valence electrons. The van der Waals surface area contributed by atoms with Gasteiger partial charge in [-0.1, -0.05) is 37.5 Å². The highest BCUT2D eigenvalue weighted by Gasteiger charge is 2.48. The van der Waals surface area contributed by atoms with Gasteiger partial charge in [-0.3, -0.25) is 4.79 Å². The minimum absolute atomic E-state index is 0.0379. The molecule has 32 heavy (non-hydrogen) atoms. The zero-order valence-corrected chi connectivity index (χ0v) is 21.0. The highest BCUT2D eigenvalue weighted by Crippen LogP contribution is 2.42. The van der Waals surface area contributed by atoms with Crippen molar-refractivity contribution in [2.24, 2.45) is 10.8 Å². The van der Waals surface area contributed by atoms with Gasteiger partial charge in [0.25, 0.3) is 5.91 Å². The van der Waals surface area contributed by atoms with Crippen molar-refractivity contribution >= 4 is 17.5 Å². The van der Waals surface area contributed by atoms with Crippen molar-refractivity contribution in [1.82, 2.24) is 24.7 Å². The molecule has 2 aliphatic rings. The van der Waals surface area contributed by atoms with Gasteiger partial charge < -0.3 is 14.3 Å². The fourth-order valence-electron chi connectivity index (χ4n) is 4.73. The molecule has 0 unspecified atom stereocenters. The first kappa shape index (κ1) is 23.3. The number of amides is 1. The third kappa shape index (κ3) is 4.60. The van der Waals surface area contributed by atoms with Crippen LogP contribution in [0.1, 0.15) is 76.0 Å². The van der Waals surface area contributed by atoms with E-state index in [0.29, 0.717) is 33.3 Å². The van der Waals surface area contributed by atoms with Crippen molar-refractivity contribution < 1.29 is 9.32 Å². The van der Waals surface area contributed by atoms with Gasteiger partial charge in [-0.2, -0.15) is 5.10 Å². The van der Waals surface area contributed by atoms with Crippen molar-refractivity contribution in [1.29, 1.82) is 0 Å². The van der Waals surface area contributed by atoms with E-state index in [1.807, 2.05) is 25.7 Å². The molecule has 2 aliphatic heterocycles. The van der Waals surface area contributed by atoms with Gasteiger partial charge in [-0.15, -0.1) is 0 Å². The maximum absolute atomic E-state index is 13.5. The Hall–Kier alpha value is -1.86. The molecule has 7 nitrogen and oxygen atoms in total. The molecule has 0 saturated carbocycles. The standard InChI is InChI=1S/C24H36ClN5O2/c1-16(2)30-21(25)19(20(26-30)18-13-17(3)32-27-18)22(31)29-14-24(15-29)8-11-28(12-9-24)10-7-23(4,5)6/h13,16H,7-12,14-15H2,1-6H3. The van der Waals surface area contributed by atoms with E-state index in [1.165, 1.54) is 6.42 Å². The van der Waals surface area contributed by atoms with Crippen LogP contribution in [0, 0.1) is 17.8 Å². The third-order valence-corrected chi connectivity index (χ3v) is 7.22. The Bertz CT molecular complexity index is 971. The highest BCUT2D eigenvalue weighted by atomic mass is 35.5. The molecule has 1 spiro atoms. The molecule has 0 bridgehead atoms. The van der Waals surface area contributed by atoms with E-state index in [-0.39, 0.29) is 17.4 Å². The molecule has 0 aromatic carbocycles. The molecular formula is C24H36ClN5O2. The largest absolute Gasteiger partial charge is 0.361 e. The summed E-state index contributed by atoms with van der Waals surface area (Å²) in [5.74, 6) is 0.619. The van der Waals surface area contributed by atoms with Gasteiger partial charge >= 0.3 is 0 Å². The number of hydrogen-bond acceptors (Lipinski definition) is 5. The maximum atomic E-state index is 13.5. The predicted molar refractivity (Wildman–Crippen MR) is 126 cm³/mol. The zero-order valence-electron chi connectivity index (χ0n) is 20.2. The van der Waals surface area contributed by atoms with Gasteiger partial charge in [0.05, 0.1) is 0 Å².